The Morgan fingerprint density at radius 2 is 1.81 bits per heavy atom. The van der Waals surface area contributed by atoms with Gasteiger partial charge in [0.2, 0.25) is 0 Å². The van der Waals surface area contributed by atoms with Crippen LogP contribution in [0.5, 0.6) is 0 Å². The minimum atomic E-state index is -3.41. The quantitative estimate of drug-likeness (QED) is 0.497. The minimum absolute atomic E-state index is 0.155. The van der Waals surface area contributed by atoms with Crippen LogP contribution >= 0.6 is 11.0 Å². The number of nitrogens with one attached hydrogen (secondary N) is 1. The number of likely N-dealkylation sites (N-methyl/N-ethyl adjacent to an activating group) is 1. The first-order valence-corrected chi connectivity index (χ1v) is 10.00. The number of nitrogens with zero attached hydrogens (tertiary/aromatic N) is 2. The zero-order chi connectivity index (χ0) is 18.7. The van der Waals surface area contributed by atoms with Crippen molar-refractivity contribution in [3.63, 3.8) is 0 Å². The van der Waals surface area contributed by atoms with Crippen LogP contribution in [0.25, 0.3) is 0 Å². The molecule has 0 amide bonds. The number of hydrogen-bond donors (Lipinski definition) is 3. The summed E-state index contributed by atoms with van der Waals surface area (Å²) in [6.45, 7) is 5.71. The standard InChI is InChI=1S/C19H24FN3O2S/c1-3-21-12-6-7-13-22-18-8-4-5-9-19(18)23(26(22,24)25)17-11-10-15(2)14-16(17)20/h4-11,14,21,24-25H,3,12-13H2,1-2H3. The van der Waals surface area contributed by atoms with Crippen LogP contribution in [0.2, 0.25) is 0 Å². The Labute approximate surface area is 155 Å². The highest BCUT2D eigenvalue weighted by Gasteiger charge is 2.41. The monoisotopic (exact) mass is 377 g/mol. The molecule has 5 nitrogen and oxygen atoms in total. The number of benzene rings is 2. The van der Waals surface area contributed by atoms with Crippen molar-refractivity contribution in [2.24, 2.45) is 0 Å². The van der Waals surface area contributed by atoms with Gasteiger partial charge >= 0.3 is 0 Å². The normalized spacial score (nSPS) is 17.0. The zero-order valence-corrected chi connectivity index (χ0v) is 15.7. The summed E-state index contributed by atoms with van der Waals surface area (Å²) in [7, 11) is -3.41. The van der Waals surface area contributed by atoms with E-state index in [2.05, 4.69) is 5.32 Å². The van der Waals surface area contributed by atoms with Crippen molar-refractivity contribution >= 4 is 28.0 Å². The molecule has 140 valence electrons. The number of para-hydroxylation sites is 2. The molecule has 0 aromatic heterocycles. The van der Waals surface area contributed by atoms with E-state index >= 15 is 0 Å². The van der Waals surface area contributed by atoms with E-state index in [0.29, 0.717) is 24.5 Å². The summed E-state index contributed by atoms with van der Waals surface area (Å²) < 4.78 is 39.3. The maximum Gasteiger partial charge on any atom is 0.148 e. The van der Waals surface area contributed by atoms with Crippen molar-refractivity contribution in [1.82, 2.24) is 5.32 Å². The van der Waals surface area contributed by atoms with Crippen LogP contribution in [0.15, 0.2) is 54.6 Å². The predicted molar refractivity (Wildman–Crippen MR) is 108 cm³/mol. The van der Waals surface area contributed by atoms with Gasteiger partial charge in [0, 0.05) is 6.54 Å². The fourth-order valence-electron chi connectivity index (χ4n) is 2.93. The average molecular weight is 377 g/mol. The summed E-state index contributed by atoms with van der Waals surface area (Å²) in [5, 5.41) is 3.18. The van der Waals surface area contributed by atoms with Gasteiger partial charge in [0.05, 0.1) is 17.9 Å². The van der Waals surface area contributed by atoms with Crippen LogP contribution < -0.4 is 13.9 Å². The van der Waals surface area contributed by atoms with E-state index in [1.54, 1.807) is 31.2 Å². The lowest BCUT2D eigenvalue weighted by atomic mass is 10.2. The van der Waals surface area contributed by atoms with E-state index in [-0.39, 0.29) is 5.69 Å². The average Bonchev–Trinajstić information content (AvgIpc) is 2.82. The van der Waals surface area contributed by atoms with Gasteiger partial charge in [-0.05, 0) is 54.3 Å². The second-order valence-corrected chi connectivity index (χ2v) is 7.85. The third-order valence-corrected chi connectivity index (χ3v) is 6.00. The largest absolute Gasteiger partial charge is 0.314 e. The number of hydrogen-bond acceptors (Lipinski definition) is 5. The summed E-state index contributed by atoms with van der Waals surface area (Å²) in [5.41, 5.74) is 2.18. The molecule has 3 N–H and O–H groups in total. The van der Waals surface area contributed by atoms with Gasteiger partial charge in [0.25, 0.3) is 0 Å². The molecule has 0 spiro atoms. The molecule has 0 radical (unpaired) electrons. The Kier molecular flexibility index (Phi) is 5.52. The molecule has 0 saturated heterocycles. The van der Waals surface area contributed by atoms with Crippen LogP contribution in [0, 0.1) is 12.7 Å². The second kappa shape index (κ2) is 7.67. The Morgan fingerprint density at radius 3 is 2.50 bits per heavy atom. The highest BCUT2D eigenvalue weighted by molar-refractivity contribution is 8.27. The van der Waals surface area contributed by atoms with Gasteiger partial charge in [-0.15, -0.1) is 0 Å². The number of fused-ring (bicyclic) bond motifs is 1. The zero-order valence-electron chi connectivity index (χ0n) is 14.9. The topological polar surface area (TPSA) is 59.0 Å². The number of rotatable bonds is 6. The van der Waals surface area contributed by atoms with Gasteiger partial charge < -0.3 is 5.32 Å². The minimum Gasteiger partial charge on any atom is -0.314 e. The summed E-state index contributed by atoms with van der Waals surface area (Å²) in [6, 6.07) is 12.0. The van der Waals surface area contributed by atoms with E-state index < -0.39 is 16.8 Å². The first-order chi connectivity index (χ1) is 12.5. The lowest BCUT2D eigenvalue weighted by Gasteiger charge is -2.43. The molecule has 7 heteroatoms. The molecule has 1 aliphatic rings. The molecule has 2 aromatic rings. The Morgan fingerprint density at radius 1 is 1.08 bits per heavy atom. The summed E-state index contributed by atoms with van der Waals surface area (Å²) >= 11 is 0. The smallest absolute Gasteiger partial charge is 0.148 e. The molecular formula is C19H24FN3O2S. The van der Waals surface area contributed by atoms with E-state index in [9.17, 15) is 13.5 Å². The highest BCUT2D eigenvalue weighted by Crippen LogP contribution is 2.64. The van der Waals surface area contributed by atoms with Crippen LogP contribution in [0.1, 0.15) is 12.5 Å². The number of halogens is 1. The third kappa shape index (κ3) is 3.43. The summed E-state index contributed by atoms with van der Waals surface area (Å²) in [5.74, 6) is -0.482. The molecule has 0 bridgehead atoms. The molecule has 1 heterocycles. The SMILES string of the molecule is CCNCC=CCN1c2ccccc2N(c2ccc(C)cc2F)S1(O)O. The fraction of sp³-hybridized carbons (Fsp3) is 0.263. The molecular weight excluding hydrogens is 353 g/mol. The number of aryl methyl sites for hydroxylation is 1. The predicted octanol–water partition coefficient (Wildman–Crippen LogP) is 4.84. The van der Waals surface area contributed by atoms with Gasteiger partial charge in [-0.25, -0.2) is 13.0 Å². The van der Waals surface area contributed by atoms with E-state index in [0.717, 1.165) is 12.1 Å². The van der Waals surface area contributed by atoms with E-state index in [4.69, 9.17) is 0 Å². The van der Waals surface area contributed by atoms with Crippen LogP contribution in [-0.2, 0) is 0 Å². The van der Waals surface area contributed by atoms with E-state index in [1.165, 1.54) is 14.7 Å². The maximum absolute atomic E-state index is 14.6. The Hall–Kier alpha value is -2.06. The molecule has 2 aromatic carbocycles. The second-order valence-electron chi connectivity index (χ2n) is 6.07. The molecule has 0 fully saturated rings. The fourth-order valence-corrected chi connectivity index (χ4v) is 4.66. The molecule has 26 heavy (non-hydrogen) atoms. The van der Waals surface area contributed by atoms with Crippen molar-refractivity contribution in [2.75, 3.05) is 28.2 Å². The molecule has 0 saturated carbocycles. The first-order valence-electron chi connectivity index (χ1n) is 8.54. The van der Waals surface area contributed by atoms with Crippen molar-refractivity contribution in [2.45, 2.75) is 13.8 Å². The third-order valence-electron chi connectivity index (χ3n) is 4.18. The van der Waals surface area contributed by atoms with Gasteiger partial charge in [0.1, 0.15) is 11.5 Å². The van der Waals surface area contributed by atoms with Crippen LogP contribution in [0.3, 0.4) is 0 Å². The van der Waals surface area contributed by atoms with Crippen LogP contribution in [0.4, 0.5) is 21.5 Å². The molecule has 0 aliphatic carbocycles. The van der Waals surface area contributed by atoms with Crippen LogP contribution in [-0.4, -0.2) is 28.7 Å². The van der Waals surface area contributed by atoms with Crippen molar-refractivity contribution < 1.29 is 13.5 Å². The first kappa shape index (κ1) is 18.7. The molecule has 0 unspecified atom stereocenters. The lowest BCUT2D eigenvalue weighted by Crippen LogP contribution is -2.31. The van der Waals surface area contributed by atoms with Gasteiger partial charge in [-0.3, -0.25) is 9.11 Å². The summed E-state index contributed by atoms with van der Waals surface area (Å²) in [6.07, 6.45) is 3.82. The Balaban J connectivity index is 1.97. The van der Waals surface area contributed by atoms with Crippen molar-refractivity contribution in [3.05, 3.63) is 66.0 Å². The lowest BCUT2D eigenvalue weighted by molar-refractivity contribution is 0.485. The van der Waals surface area contributed by atoms with Gasteiger partial charge in [-0.1, -0.05) is 37.3 Å². The number of anilines is 3. The van der Waals surface area contributed by atoms with E-state index in [1.807, 2.05) is 31.2 Å². The molecule has 3 rings (SSSR count). The van der Waals surface area contributed by atoms with Gasteiger partial charge in [-0.2, -0.15) is 0 Å². The summed E-state index contributed by atoms with van der Waals surface area (Å²) in [4.78, 5) is 0. The molecule has 1 aliphatic heterocycles. The molecule has 0 atom stereocenters. The van der Waals surface area contributed by atoms with Crippen molar-refractivity contribution in [1.29, 1.82) is 0 Å². The van der Waals surface area contributed by atoms with Gasteiger partial charge in [0.15, 0.2) is 0 Å². The maximum atomic E-state index is 14.6. The Bertz CT molecular complexity index is 813. The van der Waals surface area contributed by atoms with Crippen molar-refractivity contribution in [3.8, 4) is 0 Å². The highest BCUT2D eigenvalue weighted by atomic mass is 32.3.